The zero-order chi connectivity index (χ0) is 19.5. The van der Waals surface area contributed by atoms with Gasteiger partial charge < -0.3 is 19.8 Å². The summed E-state index contributed by atoms with van der Waals surface area (Å²) in [7, 11) is 4.13. The van der Waals surface area contributed by atoms with Gasteiger partial charge in [-0.25, -0.2) is 15.0 Å². The van der Waals surface area contributed by atoms with Gasteiger partial charge in [-0.15, -0.1) is 0 Å². The minimum absolute atomic E-state index is 0.279. The number of aliphatic hydroxyl groups is 1. The summed E-state index contributed by atoms with van der Waals surface area (Å²) in [6, 6.07) is 2.36. The Bertz CT molecular complexity index is 744. The molecular weight excluding hydrogens is 356 g/mol. The molecule has 2 fully saturated rings. The molecule has 0 unspecified atom stereocenters. The van der Waals surface area contributed by atoms with Crippen molar-refractivity contribution in [3.8, 4) is 0 Å². The lowest BCUT2D eigenvalue weighted by atomic mass is 9.97. The average molecular weight is 387 g/mol. The second-order valence-corrected chi connectivity index (χ2v) is 8.24. The number of hydrogen-bond acceptors (Lipinski definition) is 8. The van der Waals surface area contributed by atoms with E-state index in [1.165, 1.54) is 0 Å². The zero-order valence-corrected chi connectivity index (χ0v) is 16.7. The first kappa shape index (κ1) is 19.1. The van der Waals surface area contributed by atoms with Crippen molar-refractivity contribution in [1.29, 1.82) is 0 Å². The number of anilines is 2. The quantitative estimate of drug-likeness (QED) is 0.768. The molecule has 2 aliphatic heterocycles. The maximum Gasteiger partial charge on any atom is 0.137 e. The summed E-state index contributed by atoms with van der Waals surface area (Å²) in [6.45, 7) is 4.44. The molecule has 2 aliphatic rings. The third-order valence-electron chi connectivity index (χ3n) is 5.75. The number of piperidine rings is 1. The molecule has 2 atom stereocenters. The van der Waals surface area contributed by atoms with Gasteiger partial charge in [0.25, 0.3) is 0 Å². The van der Waals surface area contributed by atoms with Gasteiger partial charge in [0.2, 0.25) is 0 Å². The number of aromatic nitrogens is 5. The van der Waals surface area contributed by atoms with E-state index >= 15 is 0 Å². The summed E-state index contributed by atoms with van der Waals surface area (Å²) in [5.41, 5.74) is 0. The van der Waals surface area contributed by atoms with Crippen LogP contribution in [0.25, 0.3) is 0 Å². The number of rotatable bonds is 6. The van der Waals surface area contributed by atoms with Crippen LogP contribution in [0, 0.1) is 5.92 Å². The van der Waals surface area contributed by atoms with Crippen molar-refractivity contribution >= 4 is 11.6 Å². The smallest absolute Gasteiger partial charge is 0.137 e. The zero-order valence-electron chi connectivity index (χ0n) is 16.7. The van der Waals surface area contributed by atoms with Crippen molar-refractivity contribution in [2.75, 3.05) is 50.1 Å². The minimum atomic E-state index is -0.295. The van der Waals surface area contributed by atoms with Gasteiger partial charge in [-0.2, -0.15) is 5.10 Å². The van der Waals surface area contributed by atoms with E-state index in [0.29, 0.717) is 12.5 Å². The van der Waals surface area contributed by atoms with Crippen LogP contribution in [0.5, 0.6) is 0 Å². The Balaban J connectivity index is 1.40. The van der Waals surface area contributed by atoms with Crippen LogP contribution >= 0.6 is 0 Å². The fourth-order valence-electron chi connectivity index (χ4n) is 4.37. The molecule has 2 saturated heterocycles. The number of hydrogen-bond donors (Lipinski definition) is 1. The highest BCUT2D eigenvalue weighted by molar-refractivity contribution is 5.52. The highest BCUT2D eigenvalue weighted by Crippen LogP contribution is 2.28. The molecule has 0 radical (unpaired) electrons. The van der Waals surface area contributed by atoms with Crippen LogP contribution in [0.3, 0.4) is 0 Å². The molecule has 0 bridgehead atoms. The normalized spacial score (nSPS) is 23.7. The Morgan fingerprint density at radius 1 is 1.14 bits per heavy atom. The van der Waals surface area contributed by atoms with Crippen molar-refractivity contribution in [3.05, 3.63) is 25.0 Å². The molecule has 9 heteroatoms. The van der Waals surface area contributed by atoms with E-state index in [0.717, 1.165) is 57.1 Å². The lowest BCUT2D eigenvalue weighted by Gasteiger charge is -2.33. The van der Waals surface area contributed by atoms with Gasteiger partial charge in [0.15, 0.2) is 0 Å². The van der Waals surface area contributed by atoms with Crippen LogP contribution in [-0.4, -0.2) is 87.2 Å². The van der Waals surface area contributed by atoms with Crippen LogP contribution in [0.15, 0.2) is 25.0 Å². The summed E-state index contributed by atoms with van der Waals surface area (Å²) >= 11 is 0. The first-order chi connectivity index (χ1) is 13.6. The molecule has 1 N–H and O–H groups in total. The number of β-amino-alcohol motifs (C(OH)–C–C–N with tert-alkyl or cyclic N) is 1. The third-order valence-corrected chi connectivity index (χ3v) is 5.75. The fraction of sp³-hybridized carbons (Fsp3) is 0.684. The van der Waals surface area contributed by atoms with Gasteiger partial charge in [-0.05, 0) is 39.3 Å². The SMILES string of the molecule is CN(C)C[C@H]1C[C@@H](O)CN1c1cc(N2CCC(Cn3cncn3)CC2)ncn1. The first-order valence-corrected chi connectivity index (χ1v) is 10.1. The highest BCUT2D eigenvalue weighted by Gasteiger charge is 2.32. The van der Waals surface area contributed by atoms with E-state index in [1.54, 1.807) is 19.0 Å². The molecule has 28 heavy (non-hydrogen) atoms. The summed E-state index contributed by atoms with van der Waals surface area (Å²) < 4.78 is 1.92. The Morgan fingerprint density at radius 2 is 1.93 bits per heavy atom. The minimum Gasteiger partial charge on any atom is -0.391 e. The van der Waals surface area contributed by atoms with Gasteiger partial charge in [-0.3, -0.25) is 4.68 Å². The van der Waals surface area contributed by atoms with Gasteiger partial charge in [0.1, 0.15) is 30.6 Å². The largest absolute Gasteiger partial charge is 0.391 e. The number of likely N-dealkylation sites (N-methyl/N-ethyl adjacent to an activating group) is 1. The molecule has 2 aromatic rings. The van der Waals surface area contributed by atoms with Crippen LogP contribution in [-0.2, 0) is 6.54 Å². The van der Waals surface area contributed by atoms with Gasteiger partial charge >= 0.3 is 0 Å². The number of nitrogens with zero attached hydrogens (tertiary/aromatic N) is 8. The molecule has 0 aliphatic carbocycles. The Labute approximate surface area is 166 Å². The van der Waals surface area contributed by atoms with E-state index in [1.807, 2.05) is 4.68 Å². The maximum atomic E-state index is 10.2. The van der Waals surface area contributed by atoms with Crippen LogP contribution < -0.4 is 9.80 Å². The average Bonchev–Trinajstić information content (AvgIpc) is 3.31. The molecule has 9 nitrogen and oxygen atoms in total. The van der Waals surface area contributed by atoms with E-state index in [-0.39, 0.29) is 12.1 Å². The second-order valence-electron chi connectivity index (χ2n) is 8.24. The van der Waals surface area contributed by atoms with Crippen molar-refractivity contribution in [2.45, 2.75) is 38.0 Å². The second kappa shape index (κ2) is 8.40. The van der Waals surface area contributed by atoms with Crippen molar-refractivity contribution in [2.24, 2.45) is 5.92 Å². The van der Waals surface area contributed by atoms with Gasteiger partial charge in [0, 0.05) is 44.8 Å². The predicted octanol–water partition coefficient (Wildman–Crippen LogP) is 0.486. The Hall–Kier alpha value is -2.26. The van der Waals surface area contributed by atoms with Crippen LogP contribution in [0.4, 0.5) is 11.6 Å². The molecule has 2 aromatic heterocycles. The molecule has 0 spiro atoms. The molecular formula is C19H30N8O. The predicted molar refractivity (Wildman–Crippen MR) is 107 cm³/mol. The van der Waals surface area contributed by atoms with Gasteiger partial charge in [-0.1, -0.05) is 0 Å². The highest BCUT2D eigenvalue weighted by atomic mass is 16.3. The summed E-state index contributed by atoms with van der Waals surface area (Å²) in [6.07, 6.45) is 7.76. The Kier molecular flexibility index (Phi) is 5.72. The van der Waals surface area contributed by atoms with Crippen molar-refractivity contribution in [1.82, 2.24) is 29.6 Å². The number of aliphatic hydroxyl groups excluding tert-OH is 1. The molecule has 4 rings (SSSR count). The van der Waals surface area contributed by atoms with E-state index in [4.69, 9.17) is 0 Å². The molecule has 152 valence electrons. The summed E-state index contributed by atoms with van der Waals surface area (Å²) in [5, 5.41) is 14.4. The summed E-state index contributed by atoms with van der Waals surface area (Å²) in [4.78, 5) is 19.8. The molecule has 0 amide bonds. The molecule has 0 aromatic carbocycles. The van der Waals surface area contributed by atoms with Crippen LogP contribution in [0.2, 0.25) is 0 Å². The van der Waals surface area contributed by atoms with Gasteiger partial charge in [0.05, 0.1) is 6.10 Å². The van der Waals surface area contributed by atoms with E-state index < -0.39 is 0 Å². The monoisotopic (exact) mass is 386 g/mol. The van der Waals surface area contributed by atoms with Crippen molar-refractivity contribution < 1.29 is 5.11 Å². The van der Waals surface area contributed by atoms with E-state index in [9.17, 15) is 5.11 Å². The fourth-order valence-corrected chi connectivity index (χ4v) is 4.37. The van der Waals surface area contributed by atoms with E-state index in [2.05, 4.69) is 54.9 Å². The summed E-state index contributed by atoms with van der Waals surface area (Å²) in [5.74, 6) is 2.52. The first-order valence-electron chi connectivity index (χ1n) is 10.1. The standard InChI is InChI=1S/C19H30N8O/c1-24(2)10-16-7-17(28)11-27(16)19-8-18(21-13-22-19)25-5-3-15(4-6-25)9-26-14-20-12-23-26/h8,12-17,28H,3-7,9-11H2,1-2H3/t16-,17-/m1/s1. The lowest BCUT2D eigenvalue weighted by Crippen LogP contribution is -2.39. The maximum absolute atomic E-state index is 10.2. The topological polar surface area (TPSA) is 86.4 Å². The lowest BCUT2D eigenvalue weighted by molar-refractivity contribution is 0.191. The van der Waals surface area contributed by atoms with Crippen molar-refractivity contribution in [3.63, 3.8) is 0 Å². The third kappa shape index (κ3) is 4.41. The van der Waals surface area contributed by atoms with Crippen LogP contribution in [0.1, 0.15) is 19.3 Å². The molecule has 0 saturated carbocycles. The molecule has 4 heterocycles. The Morgan fingerprint density at radius 3 is 2.64 bits per heavy atom.